The fourth-order valence-electron chi connectivity index (χ4n) is 1.84. The van der Waals surface area contributed by atoms with Gasteiger partial charge in [-0.05, 0) is 31.2 Å². The Morgan fingerprint density at radius 1 is 0.870 bits per heavy atom. The molecule has 0 saturated carbocycles. The van der Waals surface area contributed by atoms with Gasteiger partial charge in [-0.3, -0.25) is 9.59 Å². The van der Waals surface area contributed by atoms with E-state index in [0.29, 0.717) is 23.3 Å². The summed E-state index contributed by atoms with van der Waals surface area (Å²) in [4.78, 5) is 23.5. The second kappa shape index (κ2) is 9.57. The third kappa shape index (κ3) is 5.70. The van der Waals surface area contributed by atoms with Crippen LogP contribution in [0, 0.1) is 6.92 Å². The fourth-order valence-corrected chi connectivity index (χ4v) is 1.84. The van der Waals surface area contributed by atoms with Crippen molar-refractivity contribution < 1.29 is 14.3 Å². The predicted molar refractivity (Wildman–Crippen MR) is 95.3 cm³/mol. The third-order valence-electron chi connectivity index (χ3n) is 3.22. The Hall–Kier alpha value is -2.42. The normalized spacial score (nSPS) is 9.30. The summed E-state index contributed by atoms with van der Waals surface area (Å²) in [5, 5.41) is 0. The second-order valence-corrected chi connectivity index (χ2v) is 4.90. The highest BCUT2D eigenvalue weighted by Crippen LogP contribution is 2.16. The van der Waals surface area contributed by atoms with Crippen LogP contribution in [0.4, 0.5) is 0 Å². The first-order chi connectivity index (χ1) is 10.1. The number of ether oxygens (including phenoxy) is 1. The highest BCUT2D eigenvalue weighted by atomic mass is 16.5. The molecule has 3 nitrogen and oxygen atoms in total. The van der Waals surface area contributed by atoms with Gasteiger partial charge in [-0.25, -0.2) is 0 Å². The van der Waals surface area contributed by atoms with Crippen molar-refractivity contribution in [3.05, 3.63) is 65.2 Å². The van der Waals surface area contributed by atoms with Crippen LogP contribution in [0.15, 0.2) is 48.5 Å². The Balaban J connectivity index is 0.00000242. The van der Waals surface area contributed by atoms with E-state index < -0.39 is 0 Å². The summed E-state index contributed by atoms with van der Waals surface area (Å²) in [7, 11) is 0. The highest BCUT2D eigenvalue weighted by Gasteiger charge is 2.09. The topological polar surface area (TPSA) is 43.4 Å². The van der Waals surface area contributed by atoms with Crippen molar-refractivity contribution >= 4 is 11.6 Å². The molecule has 0 amide bonds. The maximum atomic E-state index is 12.3. The Bertz CT molecular complexity index is 625. The first kappa shape index (κ1) is 20.6. The molecule has 3 heteroatoms. The summed E-state index contributed by atoms with van der Waals surface area (Å²) >= 11 is 0. The number of rotatable bonds is 6. The molecule has 2 aromatic rings. The maximum Gasteiger partial charge on any atom is 0.193 e. The monoisotopic (exact) mass is 314 g/mol. The molecule has 0 aliphatic rings. The van der Waals surface area contributed by atoms with Gasteiger partial charge in [0.15, 0.2) is 11.6 Å². The van der Waals surface area contributed by atoms with Crippen LogP contribution in [0.3, 0.4) is 0 Å². The first-order valence-electron chi connectivity index (χ1n) is 6.96. The Morgan fingerprint density at radius 3 is 1.83 bits per heavy atom. The smallest absolute Gasteiger partial charge is 0.193 e. The first-order valence-corrected chi connectivity index (χ1v) is 6.96. The summed E-state index contributed by atoms with van der Waals surface area (Å²) in [6.45, 7) is 3.86. The predicted octanol–water partition coefficient (Wildman–Crippen LogP) is 4.86. The molecule has 23 heavy (non-hydrogen) atoms. The van der Waals surface area contributed by atoms with Crippen molar-refractivity contribution in [3.63, 3.8) is 0 Å². The lowest BCUT2D eigenvalue weighted by molar-refractivity contribution is -0.120. The van der Waals surface area contributed by atoms with Crippen LogP contribution >= 0.6 is 0 Å². The minimum atomic E-state index is -0.0221. The van der Waals surface area contributed by atoms with Crippen LogP contribution in [0.5, 0.6) is 5.75 Å². The molecular formula is C20H26O3. The minimum Gasteiger partial charge on any atom is -0.486 e. The van der Waals surface area contributed by atoms with E-state index in [1.165, 1.54) is 0 Å². The molecule has 0 saturated heterocycles. The van der Waals surface area contributed by atoms with E-state index in [0.717, 1.165) is 5.56 Å². The molecule has 0 radical (unpaired) electrons. The summed E-state index contributed by atoms with van der Waals surface area (Å²) in [6, 6.07) is 14.3. The number of benzene rings is 2. The number of aryl methyl sites for hydroxylation is 1. The van der Waals surface area contributed by atoms with E-state index in [1.807, 2.05) is 31.2 Å². The molecule has 0 aliphatic heterocycles. The van der Waals surface area contributed by atoms with E-state index >= 15 is 0 Å². The zero-order chi connectivity index (χ0) is 15.2. The van der Waals surface area contributed by atoms with Gasteiger partial charge in [0.05, 0.1) is 0 Å². The minimum absolute atomic E-state index is 0. The van der Waals surface area contributed by atoms with Gasteiger partial charge in [0, 0.05) is 17.5 Å². The number of carbonyl (C=O) groups is 2. The largest absolute Gasteiger partial charge is 0.486 e. The van der Waals surface area contributed by atoms with E-state index in [1.54, 1.807) is 31.2 Å². The summed E-state index contributed by atoms with van der Waals surface area (Å²) < 4.78 is 5.35. The lowest BCUT2D eigenvalue weighted by atomic mass is 10.0. The summed E-state index contributed by atoms with van der Waals surface area (Å²) in [6.07, 6.45) is 0.462. The quantitative estimate of drug-likeness (QED) is 0.715. The van der Waals surface area contributed by atoms with E-state index in [-0.39, 0.29) is 33.0 Å². The lowest BCUT2D eigenvalue weighted by Gasteiger charge is -2.06. The molecule has 124 valence electrons. The Kier molecular flexibility index (Phi) is 8.56. The van der Waals surface area contributed by atoms with Crippen molar-refractivity contribution in [2.45, 2.75) is 35.1 Å². The van der Waals surface area contributed by atoms with Gasteiger partial charge >= 0.3 is 0 Å². The number of carbonyl (C=O) groups excluding carboxylic acids is 2. The van der Waals surface area contributed by atoms with Crippen molar-refractivity contribution in [2.75, 3.05) is 6.61 Å². The molecule has 0 unspecified atom stereocenters. The van der Waals surface area contributed by atoms with Crippen LogP contribution in [0.25, 0.3) is 0 Å². The maximum absolute atomic E-state index is 12.3. The number of hydrogen-bond donors (Lipinski definition) is 0. The molecule has 0 bridgehead atoms. The van der Waals surface area contributed by atoms with Gasteiger partial charge in [0.1, 0.15) is 12.4 Å². The van der Waals surface area contributed by atoms with Crippen molar-refractivity contribution in [1.82, 2.24) is 0 Å². The van der Waals surface area contributed by atoms with Gasteiger partial charge < -0.3 is 4.74 Å². The van der Waals surface area contributed by atoms with E-state index in [2.05, 4.69) is 0 Å². The standard InChI is InChI=1S/C18H18O3.2CH4/c1-3-16(19)12-21-17-10-8-15(9-11-17)18(20)14-6-4-13(2)5-7-14;;/h4-11H,3,12H2,1-2H3;2*1H4. The van der Waals surface area contributed by atoms with Gasteiger partial charge in [0.25, 0.3) is 0 Å². The summed E-state index contributed by atoms with van der Waals surface area (Å²) in [5.74, 6) is 0.623. The van der Waals surface area contributed by atoms with Crippen LogP contribution in [-0.2, 0) is 4.79 Å². The number of hydrogen-bond acceptors (Lipinski definition) is 3. The lowest BCUT2D eigenvalue weighted by Crippen LogP contribution is -2.09. The van der Waals surface area contributed by atoms with Crippen LogP contribution in [-0.4, -0.2) is 18.2 Å². The third-order valence-corrected chi connectivity index (χ3v) is 3.22. The molecule has 0 aromatic heterocycles. The molecule has 0 fully saturated rings. The average Bonchev–Trinajstić information content (AvgIpc) is 2.53. The number of ketones is 2. The van der Waals surface area contributed by atoms with Gasteiger partial charge in [-0.15, -0.1) is 0 Å². The van der Waals surface area contributed by atoms with Gasteiger partial charge in [0.2, 0.25) is 0 Å². The Morgan fingerprint density at radius 2 is 1.35 bits per heavy atom. The van der Waals surface area contributed by atoms with E-state index in [4.69, 9.17) is 4.74 Å². The highest BCUT2D eigenvalue weighted by molar-refractivity contribution is 6.09. The SMILES string of the molecule is C.C.CCC(=O)COc1ccc(C(=O)c2ccc(C)cc2)cc1. The van der Waals surface area contributed by atoms with Gasteiger partial charge in [-0.2, -0.15) is 0 Å². The zero-order valence-electron chi connectivity index (χ0n) is 12.3. The number of Topliss-reactive ketones (excluding diaryl/α,β-unsaturated/α-hetero) is 1. The molecule has 0 spiro atoms. The molecule has 0 heterocycles. The van der Waals surface area contributed by atoms with Gasteiger partial charge in [-0.1, -0.05) is 51.6 Å². The molecule has 0 atom stereocenters. The zero-order valence-corrected chi connectivity index (χ0v) is 12.3. The Labute approximate surface area is 139 Å². The van der Waals surface area contributed by atoms with Crippen LogP contribution < -0.4 is 4.74 Å². The molecule has 0 aliphatic carbocycles. The molecule has 2 rings (SSSR count). The van der Waals surface area contributed by atoms with E-state index in [9.17, 15) is 9.59 Å². The van der Waals surface area contributed by atoms with Crippen LogP contribution in [0.1, 0.15) is 49.7 Å². The molecule has 2 aromatic carbocycles. The van der Waals surface area contributed by atoms with Crippen LogP contribution in [0.2, 0.25) is 0 Å². The molecular weight excluding hydrogens is 288 g/mol. The van der Waals surface area contributed by atoms with Crippen molar-refractivity contribution in [2.24, 2.45) is 0 Å². The average molecular weight is 314 g/mol. The fraction of sp³-hybridized carbons (Fsp3) is 0.300. The summed E-state index contributed by atoms with van der Waals surface area (Å²) in [5.41, 5.74) is 2.39. The second-order valence-electron chi connectivity index (χ2n) is 4.90. The van der Waals surface area contributed by atoms with Crippen molar-refractivity contribution in [3.8, 4) is 5.75 Å². The molecule has 0 N–H and O–H groups in total. The van der Waals surface area contributed by atoms with Crippen molar-refractivity contribution in [1.29, 1.82) is 0 Å².